The van der Waals surface area contributed by atoms with E-state index in [1.165, 1.54) is 11.3 Å². The van der Waals surface area contributed by atoms with Crippen molar-refractivity contribution in [2.45, 2.75) is 33.2 Å². The third kappa shape index (κ3) is 3.72. The summed E-state index contributed by atoms with van der Waals surface area (Å²) in [6.07, 6.45) is 3.38. The molecule has 0 aliphatic carbocycles. The number of esters is 1. The van der Waals surface area contributed by atoms with Gasteiger partial charge < -0.3 is 10.1 Å². The topological polar surface area (TPSA) is 108 Å². The predicted octanol–water partition coefficient (Wildman–Crippen LogP) is 3.33. The number of anilines is 1. The number of hydrogen-bond acceptors (Lipinski definition) is 7. The van der Waals surface area contributed by atoms with Crippen LogP contribution < -0.4 is 10.9 Å². The molecule has 0 bridgehead atoms. The highest BCUT2D eigenvalue weighted by Gasteiger charge is 2.23. The van der Waals surface area contributed by atoms with Gasteiger partial charge in [0.05, 0.1) is 22.6 Å². The van der Waals surface area contributed by atoms with Crippen LogP contribution in [0.2, 0.25) is 0 Å². The summed E-state index contributed by atoms with van der Waals surface area (Å²) in [4.78, 5) is 43.3. The van der Waals surface area contributed by atoms with Gasteiger partial charge in [-0.1, -0.05) is 0 Å². The molecule has 1 N–H and O–H groups in total. The summed E-state index contributed by atoms with van der Waals surface area (Å²) in [7, 11) is 0. The van der Waals surface area contributed by atoms with Crippen molar-refractivity contribution in [3.8, 4) is 5.69 Å². The van der Waals surface area contributed by atoms with E-state index in [2.05, 4.69) is 15.4 Å². The number of nitrogens with one attached hydrogen (secondary N) is 1. The van der Waals surface area contributed by atoms with Crippen LogP contribution in [0.25, 0.3) is 15.9 Å². The zero-order valence-electron chi connectivity index (χ0n) is 18.1. The zero-order valence-corrected chi connectivity index (χ0v) is 18.9. The average molecular weight is 464 g/mol. The molecule has 9 nitrogen and oxygen atoms in total. The second kappa shape index (κ2) is 8.28. The van der Waals surface area contributed by atoms with E-state index in [9.17, 15) is 14.4 Å². The molecule has 1 amide bonds. The van der Waals surface area contributed by atoms with Crippen molar-refractivity contribution in [2.24, 2.45) is 0 Å². The minimum Gasteiger partial charge on any atom is -0.461 e. The van der Waals surface area contributed by atoms with Gasteiger partial charge in [0.15, 0.2) is 5.69 Å². The first-order chi connectivity index (χ1) is 16.0. The largest absolute Gasteiger partial charge is 0.461 e. The first kappa shape index (κ1) is 21.1. The van der Waals surface area contributed by atoms with Gasteiger partial charge in [-0.3, -0.25) is 14.2 Å². The number of aromatic nitrogens is 4. The molecule has 33 heavy (non-hydrogen) atoms. The molecule has 0 atom stereocenters. The quantitative estimate of drug-likeness (QED) is 0.455. The Morgan fingerprint density at radius 1 is 1.21 bits per heavy atom. The maximum atomic E-state index is 13.0. The Labute approximate surface area is 192 Å². The smallest absolute Gasteiger partial charge is 0.358 e. The number of fused-ring (bicyclic) bond motifs is 2. The molecule has 4 heterocycles. The van der Waals surface area contributed by atoms with Crippen molar-refractivity contribution in [3.63, 3.8) is 0 Å². The van der Waals surface area contributed by atoms with Gasteiger partial charge in [0.1, 0.15) is 10.7 Å². The Kier molecular flexibility index (Phi) is 5.29. The Balaban J connectivity index is 1.36. The SMILES string of the molecule is CCOC(=O)c1ccn(-c2ccc(NC(=O)c3sc4nc5n(c(=O)c4c3C)CCC5)cc2)n1. The summed E-state index contributed by atoms with van der Waals surface area (Å²) in [6.45, 7) is 4.49. The van der Waals surface area contributed by atoms with Crippen molar-refractivity contribution < 1.29 is 14.3 Å². The minimum atomic E-state index is -0.474. The number of carbonyl (C=O) groups excluding carboxylic acids is 2. The normalized spacial score (nSPS) is 12.7. The van der Waals surface area contributed by atoms with Crippen LogP contribution >= 0.6 is 11.3 Å². The maximum absolute atomic E-state index is 13.0. The number of thiophene rings is 1. The molecule has 0 saturated carbocycles. The Morgan fingerprint density at radius 3 is 2.76 bits per heavy atom. The van der Waals surface area contributed by atoms with E-state index in [0.29, 0.717) is 32.9 Å². The van der Waals surface area contributed by atoms with E-state index in [-0.39, 0.29) is 23.8 Å². The summed E-state index contributed by atoms with van der Waals surface area (Å²) in [6, 6.07) is 8.67. The number of ether oxygens (including phenoxy) is 1. The van der Waals surface area contributed by atoms with Gasteiger partial charge >= 0.3 is 5.97 Å². The van der Waals surface area contributed by atoms with Gasteiger partial charge in [0.25, 0.3) is 11.5 Å². The number of aryl methyl sites for hydroxylation is 2. The van der Waals surface area contributed by atoms with Crippen LogP contribution in [-0.4, -0.2) is 37.8 Å². The fraction of sp³-hybridized carbons (Fsp3) is 0.261. The van der Waals surface area contributed by atoms with E-state index < -0.39 is 5.97 Å². The lowest BCUT2D eigenvalue weighted by atomic mass is 10.2. The monoisotopic (exact) mass is 463 g/mol. The van der Waals surface area contributed by atoms with E-state index in [4.69, 9.17) is 4.74 Å². The number of nitrogens with zero attached hydrogens (tertiary/aromatic N) is 4. The third-order valence-corrected chi connectivity index (χ3v) is 6.77. The highest BCUT2D eigenvalue weighted by molar-refractivity contribution is 7.20. The lowest BCUT2D eigenvalue weighted by Crippen LogP contribution is -2.20. The molecule has 0 spiro atoms. The van der Waals surface area contributed by atoms with Crippen LogP contribution in [0.4, 0.5) is 5.69 Å². The molecular weight excluding hydrogens is 442 g/mol. The summed E-state index contributed by atoms with van der Waals surface area (Å²) in [5, 5.41) is 7.64. The first-order valence-corrected chi connectivity index (χ1v) is 11.5. The molecule has 1 aliphatic heterocycles. The Morgan fingerprint density at radius 2 is 2.00 bits per heavy atom. The van der Waals surface area contributed by atoms with E-state index in [1.807, 2.05) is 0 Å². The van der Waals surface area contributed by atoms with E-state index in [0.717, 1.165) is 24.4 Å². The summed E-state index contributed by atoms with van der Waals surface area (Å²) < 4.78 is 8.23. The summed E-state index contributed by atoms with van der Waals surface area (Å²) >= 11 is 1.25. The van der Waals surface area contributed by atoms with Crippen LogP contribution in [0.1, 0.15) is 44.9 Å². The molecule has 0 radical (unpaired) electrons. The van der Waals surface area contributed by atoms with Crippen LogP contribution in [-0.2, 0) is 17.7 Å². The number of carbonyl (C=O) groups is 2. The predicted molar refractivity (Wildman–Crippen MR) is 124 cm³/mol. The minimum absolute atomic E-state index is 0.0638. The lowest BCUT2D eigenvalue weighted by Gasteiger charge is -2.06. The van der Waals surface area contributed by atoms with Crippen LogP contribution in [0.3, 0.4) is 0 Å². The number of rotatable bonds is 5. The van der Waals surface area contributed by atoms with Crippen LogP contribution in [0.5, 0.6) is 0 Å². The van der Waals surface area contributed by atoms with Crippen molar-refractivity contribution in [2.75, 3.05) is 11.9 Å². The fourth-order valence-corrected chi connectivity index (χ4v) is 5.04. The van der Waals surface area contributed by atoms with Crippen molar-refractivity contribution in [3.05, 3.63) is 68.8 Å². The van der Waals surface area contributed by atoms with Gasteiger partial charge in [-0.05, 0) is 56.2 Å². The van der Waals surface area contributed by atoms with Gasteiger partial charge in [-0.25, -0.2) is 14.5 Å². The zero-order chi connectivity index (χ0) is 23.1. The lowest BCUT2D eigenvalue weighted by molar-refractivity contribution is 0.0519. The second-order valence-electron chi connectivity index (χ2n) is 7.69. The maximum Gasteiger partial charge on any atom is 0.358 e. The number of hydrogen-bond donors (Lipinski definition) is 1. The van der Waals surface area contributed by atoms with Gasteiger partial charge in [-0.2, -0.15) is 5.10 Å². The number of benzene rings is 1. The molecule has 0 saturated heterocycles. The second-order valence-corrected chi connectivity index (χ2v) is 8.69. The Hall–Kier alpha value is -3.79. The molecule has 0 unspecified atom stereocenters. The van der Waals surface area contributed by atoms with Crippen molar-refractivity contribution >= 4 is 39.1 Å². The molecule has 3 aromatic heterocycles. The van der Waals surface area contributed by atoms with Gasteiger partial charge in [0, 0.05) is 24.8 Å². The van der Waals surface area contributed by atoms with Crippen LogP contribution in [0, 0.1) is 6.92 Å². The molecule has 1 aliphatic rings. The molecular formula is C23H21N5O4S. The van der Waals surface area contributed by atoms with Crippen molar-refractivity contribution in [1.29, 1.82) is 0 Å². The van der Waals surface area contributed by atoms with E-state index in [1.54, 1.807) is 59.6 Å². The van der Waals surface area contributed by atoms with Crippen molar-refractivity contribution in [1.82, 2.24) is 19.3 Å². The molecule has 4 aromatic rings. The molecule has 168 valence electrons. The van der Waals surface area contributed by atoms with Gasteiger partial charge in [0.2, 0.25) is 0 Å². The highest BCUT2D eigenvalue weighted by atomic mass is 32.1. The van der Waals surface area contributed by atoms with Crippen LogP contribution in [0.15, 0.2) is 41.3 Å². The van der Waals surface area contributed by atoms with E-state index >= 15 is 0 Å². The summed E-state index contributed by atoms with van der Waals surface area (Å²) in [5.74, 6) is 0.0377. The first-order valence-electron chi connectivity index (χ1n) is 10.6. The summed E-state index contributed by atoms with van der Waals surface area (Å²) in [5.41, 5.74) is 2.15. The fourth-order valence-electron chi connectivity index (χ4n) is 3.96. The Bertz CT molecular complexity index is 1450. The van der Waals surface area contributed by atoms with Gasteiger partial charge in [-0.15, -0.1) is 11.3 Å². The highest BCUT2D eigenvalue weighted by Crippen LogP contribution is 2.29. The average Bonchev–Trinajstić information content (AvgIpc) is 3.54. The molecule has 5 rings (SSSR count). The number of amides is 1. The molecule has 1 aromatic carbocycles. The standard InChI is InChI=1S/C23H21N5O4S/c1-3-32-23(31)16-10-12-28(26-16)15-8-6-14(7-9-15)24-20(29)19-13(2)18-21(33-19)25-17-5-4-11-27(17)22(18)30/h6-10,12H,3-5,11H2,1-2H3,(H,24,29). The molecule has 10 heteroatoms. The third-order valence-electron chi connectivity index (χ3n) is 5.58. The molecule has 0 fully saturated rings.